The molecule has 0 saturated carbocycles. The van der Waals surface area contributed by atoms with E-state index in [-0.39, 0.29) is 0 Å². The summed E-state index contributed by atoms with van der Waals surface area (Å²) in [4.78, 5) is 0. The van der Waals surface area contributed by atoms with Gasteiger partial charge in [0, 0.05) is 10.1 Å². The normalized spacial score (nSPS) is 10.2. The van der Waals surface area contributed by atoms with E-state index in [4.69, 9.17) is 9.47 Å². The summed E-state index contributed by atoms with van der Waals surface area (Å²) in [7, 11) is 3.35. The molecule has 0 bridgehead atoms. The molecule has 3 aromatic rings. The van der Waals surface area contributed by atoms with Crippen LogP contribution in [0.25, 0.3) is 10.1 Å². The molecule has 0 aliphatic rings. The Labute approximate surface area is 156 Å². The van der Waals surface area contributed by atoms with Crippen LogP contribution in [-0.4, -0.2) is 14.2 Å². The highest BCUT2D eigenvalue weighted by atomic mass is 79.9. The van der Waals surface area contributed by atoms with Crippen molar-refractivity contribution in [1.29, 1.82) is 0 Å². The minimum atomic E-state index is 0.841. The second-order valence-corrected chi connectivity index (χ2v) is 6.31. The lowest BCUT2D eigenvalue weighted by Gasteiger charge is -2.14. The van der Waals surface area contributed by atoms with Gasteiger partial charge in [0.15, 0.2) is 0 Å². The van der Waals surface area contributed by atoms with Gasteiger partial charge in [-0.25, -0.2) is 0 Å². The van der Waals surface area contributed by atoms with Gasteiger partial charge in [-0.2, -0.15) is 0 Å². The van der Waals surface area contributed by atoms with Gasteiger partial charge in [0.25, 0.3) is 0 Å². The van der Waals surface area contributed by atoms with Gasteiger partial charge in [-0.3, -0.25) is 0 Å². The van der Waals surface area contributed by atoms with Gasteiger partial charge < -0.3 is 9.47 Å². The van der Waals surface area contributed by atoms with Crippen LogP contribution in [0.5, 0.6) is 11.5 Å². The zero-order valence-electron chi connectivity index (χ0n) is 14.2. The molecule has 0 aliphatic heterocycles. The van der Waals surface area contributed by atoms with Crippen LogP contribution >= 0.6 is 15.9 Å². The first-order valence-electron chi connectivity index (χ1n) is 7.97. The van der Waals surface area contributed by atoms with Crippen molar-refractivity contribution in [3.63, 3.8) is 0 Å². The molecule has 3 aromatic carbocycles. The van der Waals surface area contributed by atoms with Gasteiger partial charge >= 0.3 is 0 Å². The van der Waals surface area contributed by atoms with Crippen molar-refractivity contribution in [2.24, 2.45) is 0 Å². The van der Waals surface area contributed by atoms with Gasteiger partial charge in [0.2, 0.25) is 0 Å². The van der Waals surface area contributed by atoms with E-state index in [0.717, 1.165) is 38.2 Å². The molecular weight excluding hydrogens is 376 g/mol. The highest BCUT2D eigenvalue weighted by Crippen LogP contribution is 2.37. The Balaban J connectivity index is 2.16. The third-order valence-corrected chi connectivity index (χ3v) is 4.86. The van der Waals surface area contributed by atoms with E-state index in [2.05, 4.69) is 52.3 Å². The van der Waals surface area contributed by atoms with E-state index in [1.165, 1.54) is 0 Å². The molecule has 0 saturated heterocycles. The van der Waals surface area contributed by atoms with Crippen molar-refractivity contribution >= 4 is 26.0 Å². The van der Waals surface area contributed by atoms with E-state index < -0.39 is 0 Å². The molecule has 0 fully saturated rings. The topological polar surface area (TPSA) is 18.5 Å². The molecule has 0 heterocycles. The first-order valence-corrected chi connectivity index (χ1v) is 8.76. The summed E-state index contributed by atoms with van der Waals surface area (Å²) < 4.78 is 11.6. The average Bonchev–Trinajstić information content (AvgIpc) is 2.70. The molecule has 3 rings (SSSR count). The van der Waals surface area contributed by atoms with Crippen LogP contribution in [0.2, 0.25) is 0 Å². The molecule has 0 aliphatic carbocycles. The Morgan fingerprint density at radius 3 is 1.44 bits per heavy atom. The molecule has 0 aromatic heterocycles. The van der Waals surface area contributed by atoms with Crippen LogP contribution in [-0.2, 0) is 0 Å². The summed E-state index contributed by atoms with van der Waals surface area (Å²) >= 11 is 3.81. The predicted octanol–water partition coefficient (Wildman–Crippen LogP) is 6.02. The lowest BCUT2D eigenvalue weighted by molar-refractivity contribution is 0.414. The lowest BCUT2D eigenvalue weighted by atomic mass is 9.95. The van der Waals surface area contributed by atoms with Gasteiger partial charge in [0.05, 0.1) is 14.2 Å². The fourth-order valence-corrected chi connectivity index (χ4v) is 3.39. The van der Waals surface area contributed by atoms with E-state index >= 15 is 0 Å². The Bertz CT molecular complexity index is 801. The zero-order valence-corrected chi connectivity index (χ0v) is 15.8. The molecule has 25 heavy (non-hydrogen) atoms. The van der Waals surface area contributed by atoms with Crippen molar-refractivity contribution < 1.29 is 9.47 Å². The lowest BCUT2D eigenvalue weighted by Crippen LogP contribution is -1.93. The summed E-state index contributed by atoms with van der Waals surface area (Å²) in [6.45, 7) is 0. The second kappa shape index (κ2) is 8.04. The number of hydrogen-bond donors (Lipinski definition) is 0. The highest BCUT2D eigenvalue weighted by Gasteiger charge is 2.12. The molecule has 0 N–H and O–H groups in total. The molecule has 0 spiro atoms. The summed E-state index contributed by atoms with van der Waals surface area (Å²) in [6.07, 6.45) is 0. The van der Waals surface area contributed by atoms with E-state index in [9.17, 15) is 0 Å². The standard InChI is InChI=1S/C22H19BrO2/c1-24-19-12-8-16(9-13-19)21(17-10-14-20(25-2)15-11-17)22(23)18-6-4-3-5-7-18/h3-15H,1-2H3. The molecule has 0 atom stereocenters. The SMILES string of the molecule is COc1ccc(C(=C(Br)c2ccccc2)c2ccc(OC)cc2)cc1. The van der Waals surface area contributed by atoms with Crippen molar-refractivity contribution in [3.05, 3.63) is 95.6 Å². The third-order valence-electron chi connectivity index (χ3n) is 4.00. The average molecular weight is 395 g/mol. The summed E-state index contributed by atoms with van der Waals surface area (Å²) in [6, 6.07) is 26.5. The number of benzene rings is 3. The van der Waals surface area contributed by atoms with Gasteiger partial charge in [-0.1, -0.05) is 54.6 Å². The zero-order chi connectivity index (χ0) is 17.6. The molecule has 0 unspecified atom stereocenters. The fourth-order valence-electron chi connectivity index (χ4n) is 2.66. The Kier molecular flexibility index (Phi) is 5.56. The maximum Gasteiger partial charge on any atom is 0.118 e. The van der Waals surface area contributed by atoms with Crippen molar-refractivity contribution in [2.45, 2.75) is 0 Å². The van der Waals surface area contributed by atoms with Crippen LogP contribution < -0.4 is 9.47 Å². The van der Waals surface area contributed by atoms with Crippen molar-refractivity contribution in [2.75, 3.05) is 14.2 Å². The molecule has 2 nitrogen and oxygen atoms in total. The number of methoxy groups -OCH3 is 2. The Hall–Kier alpha value is -2.52. The predicted molar refractivity (Wildman–Crippen MR) is 107 cm³/mol. The maximum atomic E-state index is 5.29. The van der Waals surface area contributed by atoms with Crippen LogP contribution in [0.3, 0.4) is 0 Å². The van der Waals surface area contributed by atoms with Crippen LogP contribution in [0, 0.1) is 0 Å². The Morgan fingerprint density at radius 2 is 1.04 bits per heavy atom. The van der Waals surface area contributed by atoms with Gasteiger partial charge in [-0.15, -0.1) is 0 Å². The van der Waals surface area contributed by atoms with Crippen LogP contribution in [0.4, 0.5) is 0 Å². The third kappa shape index (κ3) is 3.94. The summed E-state index contributed by atoms with van der Waals surface area (Å²) in [5.41, 5.74) is 4.48. The number of hydrogen-bond acceptors (Lipinski definition) is 2. The van der Waals surface area contributed by atoms with E-state index in [0.29, 0.717) is 0 Å². The van der Waals surface area contributed by atoms with E-state index in [1.54, 1.807) is 14.2 Å². The van der Waals surface area contributed by atoms with Crippen molar-refractivity contribution in [3.8, 4) is 11.5 Å². The van der Waals surface area contributed by atoms with E-state index in [1.807, 2.05) is 42.5 Å². The number of halogens is 1. The molecular formula is C22H19BrO2. The quantitative estimate of drug-likeness (QED) is 0.492. The summed E-state index contributed by atoms with van der Waals surface area (Å²) in [5.74, 6) is 1.68. The maximum absolute atomic E-state index is 5.29. The van der Waals surface area contributed by atoms with Gasteiger partial charge in [0.1, 0.15) is 11.5 Å². The molecule has 126 valence electrons. The molecule has 0 amide bonds. The monoisotopic (exact) mass is 394 g/mol. The summed E-state index contributed by atoms with van der Waals surface area (Å²) in [5, 5.41) is 0. The van der Waals surface area contributed by atoms with Gasteiger partial charge in [-0.05, 0) is 56.9 Å². The Morgan fingerprint density at radius 1 is 0.600 bits per heavy atom. The van der Waals surface area contributed by atoms with Crippen molar-refractivity contribution in [1.82, 2.24) is 0 Å². The first-order chi connectivity index (χ1) is 12.2. The molecule has 3 heteroatoms. The van der Waals surface area contributed by atoms with Crippen LogP contribution in [0.1, 0.15) is 16.7 Å². The second-order valence-electron chi connectivity index (χ2n) is 5.51. The fraction of sp³-hybridized carbons (Fsp3) is 0.0909. The number of rotatable bonds is 5. The largest absolute Gasteiger partial charge is 0.497 e. The van der Waals surface area contributed by atoms with Crippen LogP contribution in [0.15, 0.2) is 78.9 Å². The minimum absolute atomic E-state index is 0.841. The first kappa shape index (κ1) is 17.3. The smallest absolute Gasteiger partial charge is 0.118 e. The minimum Gasteiger partial charge on any atom is -0.497 e. The molecule has 0 radical (unpaired) electrons. The highest BCUT2D eigenvalue weighted by molar-refractivity contribution is 9.15. The number of ether oxygens (including phenoxy) is 2.